The molecule has 0 unspecified atom stereocenters. The molecular weight excluding hydrogens is 325 g/mol. The molecule has 0 aliphatic carbocycles. The van der Waals surface area contributed by atoms with Crippen LogP contribution in [0.2, 0.25) is 0 Å². The SMILES string of the molecule is O=C(O)C1(O)CCN(c2ccnc3c(C(F)(F)F)cccc23)CC1. The van der Waals surface area contributed by atoms with E-state index in [1.54, 1.807) is 17.0 Å². The number of alkyl halides is 3. The molecule has 1 aromatic carbocycles. The highest BCUT2D eigenvalue weighted by Gasteiger charge is 2.40. The predicted molar refractivity (Wildman–Crippen MR) is 80.8 cm³/mol. The highest BCUT2D eigenvalue weighted by atomic mass is 19.4. The molecule has 8 heteroatoms. The first-order valence-electron chi connectivity index (χ1n) is 7.38. The van der Waals surface area contributed by atoms with Crippen LogP contribution in [-0.2, 0) is 11.0 Å². The van der Waals surface area contributed by atoms with Crippen molar-refractivity contribution in [2.24, 2.45) is 0 Å². The van der Waals surface area contributed by atoms with Gasteiger partial charge < -0.3 is 15.1 Å². The van der Waals surface area contributed by atoms with Gasteiger partial charge in [-0.2, -0.15) is 13.2 Å². The van der Waals surface area contributed by atoms with Gasteiger partial charge in [0, 0.05) is 43.2 Å². The Morgan fingerprint density at radius 3 is 2.46 bits per heavy atom. The number of para-hydroxylation sites is 1. The highest BCUT2D eigenvalue weighted by molar-refractivity contribution is 5.94. The number of carboxylic acid groups (broad SMARTS) is 1. The second-order valence-electron chi connectivity index (χ2n) is 5.85. The van der Waals surface area contributed by atoms with Crippen molar-refractivity contribution < 1.29 is 28.2 Å². The van der Waals surface area contributed by atoms with Crippen LogP contribution >= 0.6 is 0 Å². The summed E-state index contributed by atoms with van der Waals surface area (Å²) in [5.41, 5.74) is -2.17. The Kier molecular flexibility index (Phi) is 3.87. The van der Waals surface area contributed by atoms with E-state index in [-0.39, 0.29) is 31.4 Å². The molecular formula is C16H15F3N2O3. The topological polar surface area (TPSA) is 73.7 Å². The first-order valence-corrected chi connectivity index (χ1v) is 7.38. The zero-order chi connectivity index (χ0) is 17.5. The van der Waals surface area contributed by atoms with Crippen LogP contribution in [0.15, 0.2) is 30.5 Å². The summed E-state index contributed by atoms with van der Waals surface area (Å²) in [6.45, 7) is 0.469. The molecule has 0 amide bonds. The first kappa shape index (κ1) is 16.5. The zero-order valence-corrected chi connectivity index (χ0v) is 12.5. The van der Waals surface area contributed by atoms with Crippen LogP contribution in [-0.4, -0.2) is 39.9 Å². The lowest BCUT2D eigenvalue weighted by Crippen LogP contribution is -2.49. The molecule has 2 heterocycles. The van der Waals surface area contributed by atoms with Gasteiger partial charge in [-0.15, -0.1) is 0 Å². The molecule has 2 N–H and O–H groups in total. The number of hydrogen-bond donors (Lipinski definition) is 2. The van der Waals surface area contributed by atoms with E-state index < -0.39 is 23.3 Å². The Morgan fingerprint density at radius 2 is 1.88 bits per heavy atom. The zero-order valence-electron chi connectivity index (χ0n) is 12.5. The summed E-state index contributed by atoms with van der Waals surface area (Å²) in [5, 5.41) is 19.4. The van der Waals surface area contributed by atoms with Crippen molar-refractivity contribution in [1.29, 1.82) is 0 Å². The van der Waals surface area contributed by atoms with E-state index >= 15 is 0 Å². The molecule has 0 spiro atoms. The van der Waals surface area contributed by atoms with Crippen molar-refractivity contribution in [2.45, 2.75) is 24.6 Å². The number of piperidine rings is 1. The number of aliphatic carboxylic acids is 1. The van der Waals surface area contributed by atoms with Gasteiger partial charge in [0.05, 0.1) is 11.1 Å². The van der Waals surface area contributed by atoms with Crippen LogP contribution in [0.5, 0.6) is 0 Å². The van der Waals surface area contributed by atoms with E-state index in [1.165, 1.54) is 12.3 Å². The van der Waals surface area contributed by atoms with Crippen molar-refractivity contribution in [2.75, 3.05) is 18.0 Å². The van der Waals surface area contributed by atoms with Gasteiger partial charge in [-0.3, -0.25) is 4.98 Å². The second-order valence-corrected chi connectivity index (χ2v) is 5.85. The van der Waals surface area contributed by atoms with E-state index in [0.717, 1.165) is 6.07 Å². The summed E-state index contributed by atoms with van der Waals surface area (Å²) in [4.78, 5) is 16.7. The van der Waals surface area contributed by atoms with Crippen LogP contribution in [0, 0.1) is 0 Å². The van der Waals surface area contributed by atoms with Crippen LogP contribution in [0.3, 0.4) is 0 Å². The maximum atomic E-state index is 13.1. The number of aliphatic hydroxyl groups is 1. The molecule has 1 aliphatic rings. The van der Waals surface area contributed by atoms with Crippen LogP contribution in [0.25, 0.3) is 10.9 Å². The van der Waals surface area contributed by atoms with Gasteiger partial charge in [0.1, 0.15) is 0 Å². The number of halogens is 3. The number of fused-ring (bicyclic) bond motifs is 1. The molecule has 0 radical (unpaired) electrons. The van der Waals surface area contributed by atoms with Crippen molar-refractivity contribution in [3.05, 3.63) is 36.0 Å². The van der Waals surface area contributed by atoms with Crippen molar-refractivity contribution in [3.63, 3.8) is 0 Å². The number of rotatable bonds is 2. The van der Waals surface area contributed by atoms with Gasteiger partial charge in [-0.25, -0.2) is 4.79 Å². The standard InChI is InChI=1S/C16H15F3N2O3/c17-16(18,19)11-3-1-2-10-12(4-7-20-13(10)11)21-8-5-15(24,6-9-21)14(22)23/h1-4,7,24H,5-6,8-9H2,(H,22,23). The van der Waals surface area contributed by atoms with Gasteiger partial charge in [-0.05, 0) is 12.1 Å². The third kappa shape index (κ3) is 2.77. The van der Waals surface area contributed by atoms with E-state index in [9.17, 15) is 23.1 Å². The van der Waals surface area contributed by atoms with E-state index in [1.807, 2.05) is 0 Å². The van der Waals surface area contributed by atoms with Gasteiger partial charge in [0.2, 0.25) is 0 Å². The fraction of sp³-hybridized carbons (Fsp3) is 0.375. The fourth-order valence-corrected chi connectivity index (χ4v) is 3.00. The Morgan fingerprint density at radius 1 is 1.21 bits per heavy atom. The smallest absolute Gasteiger partial charge is 0.418 e. The van der Waals surface area contributed by atoms with Crippen molar-refractivity contribution in [1.82, 2.24) is 4.98 Å². The van der Waals surface area contributed by atoms with Crippen LogP contribution in [0.4, 0.5) is 18.9 Å². The Balaban J connectivity index is 1.99. The quantitative estimate of drug-likeness (QED) is 0.879. The molecule has 2 aromatic rings. The van der Waals surface area contributed by atoms with E-state index in [0.29, 0.717) is 11.1 Å². The number of carboxylic acids is 1. The number of carbonyl (C=O) groups is 1. The largest absolute Gasteiger partial charge is 0.479 e. The first-order chi connectivity index (χ1) is 11.2. The Bertz CT molecular complexity index is 784. The molecule has 0 bridgehead atoms. The third-order valence-electron chi connectivity index (χ3n) is 4.38. The highest BCUT2D eigenvalue weighted by Crippen LogP contribution is 2.37. The van der Waals surface area contributed by atoms with E-state index in [4.69, 9.17) is 5.11 Å². The number of nitrogens with zero attached hydrogens (tertiary/aromatic N) is 2. The lowest BCUT2D eigenvalue weighted by Gasteiger charge is -2.37. The number of aromatic nitrogens is 1. The number of anilines is 1. The van der Waals surface area contributed by atoms with Gasteiger partial charge in [0.25, 0.3) is 0 Å². The molecule has 5 nitrogen and oxygen atoms in total. The fourth-order valence-electron chi connectivity index (χ4n) is 3.00. The lowest BCUT2D eigenvalue weighted by atomic mass is 9.91. The maximum absolute atomic E-state index is 13.1. The molecule has 128 valence electrons. The summed E-state index contributed by atoms with van der Waals surface area (Å²) >= 11 is 0. The molecule has 1 saturated heterocycles. The Labute approximate surface area is 135 Å². The van der Waals surface area contributed by atoms with Gasteiger partial charge in [-0.1, -0.05) is 12.1 Å². The van der Waals surface area contributed by atoms with Crippen LogP contribution < -0.4 is 4.90 Å². The van der Waals surface area contributed by atoms with Gasteiger partial charge >= 0.3 is 12.1 Å². The van der Waals surface area contributed by atoms with Crippen molar-refractivity contribution in [3.8, 4) is 0 Å². The molecule has 1 aliphatic heterocycles. The normalized spacial score (nSPS) is 17.9. The molecule has 0 saturated carbocycles. The number of benzene rings is 1. The number of hydrogen-bond acceptors (Lipinski definition) is 4. The monoisotopic (exact) mass is 340 g/mol. The molecule has 1 aromatic heterocycles. The molecule has 1 fully saturated rings. The summed E-state index contributed by atoms with van der Waals surface area (Å²) < 4.78 is 39.4. The predicted octanol–water partition coefficient (Wildman–Crippen LogP) is 2.67. The lowest BCUT2D eigenvalue weighted by molar-refractivity contribution is -0.160. The average Bonchev–Trinajstić information content (AvgIpc) is 2.53. The minimum absolute atomic E-state index is 0.00507. The summed E-state index contributed by atoms with van der Waals surface area (Å²) in [7, 11) is 0. The summed E-state index contributed by atoms with van der Waals surface area (Å²) in [6.07, 6.45) is -3.18. The second kappa shape index (κ2) is 5.62. The molecule has 24 heavy (non-hydrogen) atoms. The Hall–Kier alpha value is -2.35. The molecule has 0 atom stereocenters. The van der Waals surface area contributed by atoms with Gasteiger partial charge in [0.15, 0.2) is 5.60 Å². The molecule has 3 rings (SSSR count). The van der Waals surface area contributed by atoms with Crippen LogP contribution in [0.1, 0.15) is 18.4 Å². The minimum Gasteiger partial charge on any atom is -0.479 e. The van der Waals surface area contributed by atoms with Crippen molar-refractivity contribution >= 4 is 22.6 Å². The summed E-state index contributed by atoms with van der Waals surface area (Å²) in [5.74, 6) is -1.28. The van der Waals surface area contributed by atoms with E-state index in [2.05, 4.69) is 4.98 Å². The average molecular weight is 340 g/mol. The maximum Gasteiger partial charge on any atom is 0.418 e. The number of pyridine rings is 1. The minimum atomic E-state index is -4.50. The summed E-state index contributed by atoms with van der Waals surface area (Å²) in [6, 6.07) is 5.48. The third-order valence-corrected chi connectivity index (χ3v) is 4.38.